The molecule has 134 valence electrons. The van der Waals surface area contributed by atoms with E-state index in [9.17, 15) is 9.90 Å². The Morgan fingerprint density at radius 1 is 0.864 bits per heavy atom. The third-order valence-electron chi connectivity index (χ3n) is 3.87. The molecule has 0 unspecified atom stereocenters. The summed E-state index contributed by atoms with van der Waals surface area (Å²) >= 11 is 0. The number of hydrogen-bond acceptors (Lipinski definition) is 3. The monoisotopic (exact) mass is 317 g/mol. The normalized spacial score (nSPS) is 11.0. The van der Waals surface area contributed by atoms with Gasteiger partial charge in [0.2, 0.25) is 0 Å². The largest absolute Gasteiger partial charge is 0.481 e. The van der Waals surface area contributed by atoms with E-state index in [0.717, 1.165) is 51.4 Å². The highest BCUT2D eigenvalue weighted by atomic mass is 16.4. The lowest BCUT2D eigenvalue weighted by molar-refractivity contribution is -0.137. The zero-order valence-electron chi connectivity index (χ0n) is 15.1. The Labute approximate surface area is 137 Å². The molecule has 0 saturated carbocycles. The van der Waals surface area contributed by atoms with Crippen LogP contribution in [0.25, 0.3) is 0 Å². The highest BCUT2D eigenvalue weighted by Crippen LogP contribution is 2.19. The standard InChI is InChI=1S/C10H23NO.C8H16O2/c1-3-5-7-10(12,9-11)8-6-4-2;1-2-3-4-5-6-7-8(9)10/h12H,3-9,11H2,1-2H3;2-7H2,1H3,(H,9,10). The zero-order chi connectivity index (χ0) is 17.3. The lowest BCUT2D eigenvalue weighted by atomic mass is 9.91. The van der Waals surface area contributed by atoms with E-state index in [1.54, 1.807) is 0 Å². The molecule has 0 heterocycles. The highest BCUT2D eigenvalue weighted by molar-refractivity contribution is 5.66. The van der Waals surface area contributed by atoms with Crippen molar-refractivity contribution in [1.82, 2.24) is 0 Å². The minimum atomic E-state index is -0.670. The summed E-state index contributed by atoms with van der Waals surface area (Å²) in [7, 11) is 0. The van der Waals surface area contributed by atoms with Crippen LogP contribution >= 0.6 is 0 Å². The Morgan fingerprint density at radius 2 is 1.32 bits per heavy atom. The molecule has 4 nitrogen and oxygen atoms in total. The molecule has 0 aliphatic rings. The van der Waals surface area contributed by atoms with E-state index in [4.69, 9.17) is 10.8 Å². The molecule has 0 radical (unpaired) electrons. The maximum Gasteiger partial charge on any atom is 0.303 e. The van der Waals surface area contributed by atoms with Crippen LogP contribution in [0, 0.1) is 0 Å². The van der Waals surface area contributed by atoms with Gasteiger partial charge in [-0.3, -0.25) is 4.79 Å². The number of aliphatic hydroxyl groups is 1. The number of nitrogens with two attached hydrogens (primary N) is 1. The second-order valence-corrected chi connectivity index (χ2v) is 6.19. The van der Waals surface area contributed by atoms with Crippen LogP contribution in [-0.4, -0.2) is 28.3 Å². The Hall–Kier alpha value is -0.610. The van der Waals surface area contributed by atoms with Gasteiger partial charge in [-0.05, 0) is 19.3 Å². The van der Waals surface area contributed by atoms with Gasteiger partial charge in [-0.25, -0.2) is 0 Å². The van der Waals surface area contributed by atoms with Gasteiger partial charge in [-0.1, -0.05) is 72.1 Å². The van der Waals surface area contributed by atoms with Crippen LogP contribution in [0.15, 0.2) is 0 Å². The molecule has 0 aromatic heterocycles. The summed E-state index contributed by atoms with van der Waals surface area (Å²) in [5.74, 6) is -0.670. The second-order valence-electron chi connectivity index (χ2n) is 6.19. The first-order valence-electron chi connectivity index (χ1n) is 9.10. The Morgan fingerprint density at radius 3 is 1.68 bits per heavy atom. The molecule has 0 atom stereocenters. The van der Waals surface area contributed by atoms with Gasteiger partial charge in [-0.15, -0.1) is 0 Å². The van der Waals surface area contributed by atoms with E-state index in [2.05, 4.69) is 20.8 Å². The van der Waals surface area contributed by atoms with E-state index in [-0.39, 0.29) is 0 Å². The molecule has 0 bridgehead atoms. The topological polar surface area (TPSA) is 83.5 Å². The maximum absolute atomic E-state index is 10.0. The van der Waals surface area contributed by atoms with E-state index in [1.807, 2.05) is 0 Å². The molecule has 0 aromatic carbocycles. The molecule has 4 heteroatoms. The van der Waals surface area contributed by atoms with Crippen molar-refractivity contribution in [3.05, 3.63) is 0 Å². The summed E-state index contributed by atoms with van der Waals surface area (Å²) in [5, 5.41) is 18.2. The van der Waals surface area contributed by atoms with Crippen LogP contribution in [-0.2, 0) is 4.79 Å². The number of carboxylic acid groups (broad SMARTS) is 1. The number of unbranched alkanes of at least 4 members (excludes halogenated alkanes) is 6. The molecular formula is C18H39NO3. The summed E-state index contributed by atoms with van der Waals surface area (Å²) in [5.41, 5.74) is 4.96. The zero-order valence-corrected chi connectivity index (χ0v) is 15.1. The fraction of sp³-hybridized carbons (Fsp3) is 0.944. The van der Waals surface area contributed by atoms with E-state index in [0.29, 0.717) is 13.0 Å². The van der Waals surface area contributed by atoms with E-state index < -0.39 is 11.6 Å². The molecular weight excluding hydrogens is 278 g/mol. The summed E-state index contributed by atoms with van der Waals surface area (Å²) in [6.45, 7) is 6.83. The SMILES string of the molecule is CCCCC(O)(CN)CCCC.CCCCCCCC(=O)O. The Balaban J connectivity index is 0. The molecule has 0 rings (SSSR count). The molecule has 0 aromatic rings. The third-order valence-corrected chi connectivity index (χ3v) is 3.87. The first-order chi connectivity index (χ1) is 10.5. The van der Waals surface area contributed by atoms with Gasteiger partial charge in [0.05, 0.1) is 5.60 Å². The van der Waals surface area contributed by atoms with Gasteiger partial charge in [0.1, 0.15) is 0 Å². The summed E-state index contributed by atoms with van der Waals surface area (Å²) in [4.78, 5) is 10.0. The van der Waals surface area contributed by atoms with Crippen LogP contribution < -0.4 is 5.73 Å². The quantitative estimate of drug-likeness (QED) is 0.437. The number of aliphatic carboxylic acids is 1. The highest BCUT2D eigenvalue weighted by Gasteiger charge is 2.22. The van der Waals surface area contributed by atoms with Gasteiger partial charge < -0.3 is 15.9 Å². The van der Waals surface area contributed by atoms with Crippen molar-refractivity contribution in [2.75, 3.05) is 6.54 Å². The van der Waals surface area contributed by atoms with Crippen LogP contribution in [0.5, 0.6) is 0 Å². The van der Waals surface area contributed by atoms with Crippen molar-refractivity contribution in [3.8, 4) is 0 Å². The van der Waals surface area contributed by atoms with Crippen LogP contribution in [0.1, 0.15) is 97.8 Å². The summed E-state index contributed by atoms with van der Waals surface area (Å²) < 4.78 is 0. The van der Waals surface area contributed by atoms with Gasteiger partial charge in [-0.2, -0.15) is 0 Å². The lowest BCUT2D eigenvalue weighted by Gasteiger charge is -2.26. The molecule has 4 N–H and O–H groups in total. The van der Waals surface area contributed by atoms with Gasteiger partial charge in [0.15, 0.2) is 0 Å². The summed E-state index contributed by atoms with van der Waals surface area (Å²) in [6.07, 6.45) is 12.0. The average Bonchev–Trinajstić information content (AvgIpc) is 2.51. The number of hydrogen-bond donors (Lipinski definition) is 3. The van der Waals surface area contributed by atoms with Crippen LogP contribution in [0.2, 0.25) is 0 Å². The van der Waals surface area contributed by atoms with Crippen molar-refractivity contribution in [2.24, 2.45) is 5.73 Å². The molecule has 0 aliphatic heterocycles. The first-order valence-corrected chi connectivity index (χ1v) is 9.10. The van der Waals surface area contributed by atoms with Crippen LogP contribution in [0.4, 0.5) is 0 Å². The van der Waals surface area contributed by atoms with E-state index >= 15 is 0 Å². The molecule has 0 amide bonds. The third kappa shape index (κ3) is 17.4. The smallest absolute Gasteiger partial charge is 0.303 e. The number of carboxylic acids is 1. The Kier molecular flexibility index (Phi) is 18.0. The second kappa shape index (κ2) is 16.8. The lowest BCUT2D eigenvalue weighted by Crippen LogP contribution is -2.37. The molecule has 0 saturated heterocycles. The molecule has 0 fully saturated rings. The maximum atomic E-state index is 10.0. The van der Waals surface area contributed by atoms with Crippen molar-refractivity contribution in [1.29, 1.82) is 0 Å². The van der Waals surface area contributed by atoms with Crippen molar-refractivity contribution in [2.45, 2.75) is 103 Å². The summed E-state index contributed by atoms with van der Waals surface area (Å²) in [6, 6.07) is 0. The van der Waals surface area contributed by atoms with Crippen molar-refractivity contribution in [3.63, 3.8) is 0 Å². The number of rotatable bonds is 13. The fourth-order valence-corrected chi connectivity index (χ4v) is 2.22. The predicted octanol–water partition coefficient (Wildman–Crippen LogP) is 4.49. The van der Waals surface area contributed by atoms with Crippen molar-refractivity contribution < 1.29 is 15.0 Å². The average molecular weight is 318 g/mol. The predicted molar refractivity (Wildman–Crippen MR) is 94.1 cm³/mol. The molecule has 0 aliphatic carbocycles. The minimum Gasteiger partial charge on any atom is -0.481 e. The Bertz CT molecular complexity index is 236. The molecule has 0 spiro atoms. The molecule has 22 heavy (non-hydrogen) atoms. The van der Waals surface area contributed by atoms with Crippen LogP contribution in [0.3, 0.4) is 0 Å². The van der Waals surface area contributed by atoms with Gasteiger partial charge in [0, 0.05) is 13.0 Å². The van der Waals surface area contributed by atoms with Gasteiger partial charge >= 0.3 is 5.97 Å². The fourth-order valence-electron chi connectivity index (χ4n) is 2.22. The van der Waals surface area contributed by atoms with Gasteiger partial charge in [0.25, 0.3) is 0 Å². The van der Waals surface area contributed by atoms with E-state index in [1.165, 1.54) is 19.3 Å². The first kappa shape index (κ1) is 23.7. The van der Waals surface area contributed by atoms with Crippen molar-refractivity contribution >= 4 is 5.97 Å². The number of carbonyl (C=O) groups is 1. The minimum absolute atomic E-state index is 0.337.